The third-order valence-corrected chi connectivity index (χ3v) is 5.57. The lowest BCUT2D eigenvalue weighted by atomic mass is 9.98. The molecular weight excluding hydrogens is 502 g/mol. The number of hydrogen-bond donors (Lipinski definition) is 1. The standard InChI is InChI=1S/C17H11BrF6N4OS/c1-8(11-3-2-9(16(19,20)21)4-12(11)17(22,23)24)28-7-10(5-26-28)27-14(29)13-6-25-15(18)30-13/h2-8H,1H3,(H,27,29). The van der Waals surface area contributed by atoms with Gasteiger partial charge in [-0.1, -0.05) is 6.07 Å². The van der Waals surface area contributed by atoms with E-state index in [0.29, 0.717) is 14.9 Å². The van der Waals surface area contributed by atoms with E-state index in [1.165, 1.54) is 25.5 Å². The fraction of sp³-hybridized carbons (Fsp3) is 0.235. The van der Waals surface area contributed by atoms with E-state index < -0.39 is 35.4 Å². The van der Waals surface area contributed by atoms with Crippen molar-refractivity contribution in [3.63, 3.8) is 0 Å². The topological polar surface area (TPSA) is 59.8 Å². The van der Waals surface area contributed by atoms with Crippen LogP contribution in [0, 0.1) is 0 Å². The Kier molecular flexibility index (Phi) is 5.96. The van der Waals surface area contributed by atoms with Crippen LogP contribution in [0.4, 0.5) is 32.0 Å². The summed E-state index contributed by atoms with van der Waals surface area (Å²) in [7, 11) is 0. The van der Waals surface area contributed by atoms with Crippen molar-refractivity contribution in [3.05, 3.63) is 62.3 Å². The zero-order chi connectivity index (χ0) is 22.3. The van der Waals surface area contributed by atoms with Gasteiger partial charge in [0.05, 0.1) is 35.2 Å². The van der Waals surface area contributed by atoms with E-state index in [1.807, 2.05) is 0 Å². The van der Waals surface area contributed by atoms with E-state index in [2.05, 4.69) is 31.3 Å². The Hall–Kier alpha value is -2.41. The van der Waals surface area contributed by atoms with Gasteiger partial charge in [0.1, 0.15) is 4.88 Å². The molecule has 0 radical (unpaired) electrons. The van der Waals surface area contributed by atoms with Gasteiger partial charge in [0.25, 0.3) is 5.91 Å². The van der Waals surface area contributed by atoms with Crippen LogP contribution < -0.4 is 5.32 Å². The summed E-state index contributed by atoms with van der Waals surface area (Å²) in [5.41, 5.74) is -2.98. The van der Waals surface area contributed by atoms with E-state index in [-0.39, 0.29) is 17.3 Å². The number of benzene rings is 1. The van der Waals surface area contributed by atoms with Crippen LogP contribution in [0.15, 0.2) is 40.7 Å². The molecule has 0 saturated heterocycles. The largest absolute Gasteiger partial charge is 0.416 e. The van der Waals surface area contributed by atoms with Gasteiger partial charge in [-0.2, -0.15) is 31.4 Å². The maximum atomic E-state index is 13.4. The third-order valence-electron chi connectivity index (χ3n) is 4.09. The van der Waals surface area contributed by atoms with Crippen LogP contribution in [0.1, 0.15) is 39.3 Å². The molecule has 160 valence electrons. The Morgan fingerprint density at radius 2 is 1.87 bits per heavy atom. The maximum absolute atomic E-state index is 13.4. The summed E-state index contributed by atoms with van der Waals surface area (Å²) in [5.74, 6) is -0.490. The van der Waals surface area contributed by atoms with Crippen LogP contribution in [-0.2, 0) is 12.4 Å². The molecule has 0 aliphatic rings. The SMILES string of the molecule is CC(c1ccc(C(F)(F)F)cc1C(F)(F)F)n1cc(NC(=O)c2cnc(Br)s2)cn1. The van der Waals surface area contributed by atoms with Gasteiger partial charge in [0.15, 0.2) is 3.92 Å². The molecule has 1 amide bonds. The van der Waals surface area contributed by atoms with Crippen molar-refractivity contribution in [1.29, 1.82) is 0 Å². The normalized spacial score (nSPS) is 13.3. The fourth-order valence-electron chi connectivity index (χ4n) is 2.65. The third kappa shape index (κ3) is 4.83. The quantitative estimate of drug-likeness (QED) is 0.436. The molecular formula is C17H11BrF6N4OS. The number of carbonyl (C=O) groups excluding carboxylic acids is 1. The van der Waals surface area contributed by atoms with E-state index in [4.69, 9.17) is 0 Å². The lowest BCUT2D eigenvalue weighted by Crippen LogP contribution is -2.17. The lowest BCUT2D eigenvalue weighted by molar-refractivity contribution is -0.143. The average molecular weight is 513 g/mol. The number of nitrogens with zero attached hydrogens (tertiary/aromatic N) is 3. The number of alkyl halides is 6. The minimum atomic E-state index is -4.99. The summed E-state index contributed by atoms with van der Waals surface area (Å²) in [6.07, 6.45) is -6.04. The van der Waals surface area contributed by atoms with Gasteiger partial charge < -0.3 is 5.32 Å². The molecule has 0 fully saturated rings. The molecule has 1 unspecified atom stereocenters. The van der Waals surface area contributed by atoms with Crippen molar-refractivity contribution in [3.8, 4) is 0 Å². The molecule has 3 rings (SSSR count). The highest BCUT2D eigenvalue weighted by Gasteiger charge is 2.39. The predicted molar refractivity (Wildman–Crippen MR) is 100 cm³/mol. The lowest BCUT2D eigenvalue weighted by Gasteiger charge is -2.20. The summed E-state index contributed by atoms with van der Waals surface area (Å²) in [4.78, 5) is 16.3. The van der Waals surface area contributed by atoms with Crippen LogP contribution in [-0.4, -0.2) is 20.7 Å². The first-order valence-corrected chi connectivity index (χ1v) is 9.72. The number of aromatic nitrogens is 3. The van der Waals surface area contributed by atoms with Crippen molar-refractivity contribution in [1.82, 2.24) is 14.8 Å². The zero-order valence-electron chi connectivity index (χ0n) is 14.8. The van der Waals surface area contributed by atoms with E-state index in [1.54, 1.807) is 0 Å². The number of thiazole rings is 1. The van der Waals surface area contributed by atoms with Crippen molar-refractivity contribution in [2.45, 2.75) is 25.3 Å². The summed E-state index contributed by atoms with van der Waals surface area (Å²) in [6, 6.07) is 0.409. The smallest absolute Gasteiger partial charge is 0.319 e. The Bertz CT molecular complexity index is 1070. The number of anilines is 1. The molecule has 0 bridgehead atoms. The van der Waals surface area contributed by atoms with Gasteiger partial charge in [-0.15, -0.1) is 11.3 Å². The van der Waals surface area contributed by atoms with Crippen molar-refractivity contribution in [2.75, 3.05) is 5.32 Å². The second-order valence-electron chi connectivity index (χ2n) is 6.11. The minimum absolute atomic E-state index is 0.0830. The van der Waals surface area contributed by atoms with Crippen molar-refractivity contribution < 1.29 is 31.1 Å². The molecule has 2 heterocycles. The maximum Gasteiger partial charge on any atom is 0.416 e. The highest BCUT2D eigenvalue weighted by atomic mass is 79.9. The first-order chi connectivity index (χ1) is 13.9. The Morgan fingerprint density at radius 3 is 2.43 bits per heavy atom. The molecule has 1 aromatic carbocycles. The minimum Gasteiger partial charge on any atom is -0.319 e. The number of halogens is 7. The summed E-state index contributed by atoms with van der Waals surface area (Å²) >= 11 is 4.21. The van der Waals surface area contributed by atoms with Gasteiger partial charge in [-0.3, -0.25) is 9.48 Å². The fourth-order valence-corrected chi connectivity index (χ4v) is 3.81. The molecule has 3 aromatic rings. The number of nitrogens with one attached hydrogen (secondary N) is 1. The number of carbonyl (C=O) groups is 1. The van der Waals surface area contributed by atoms with Crippen LogP contribution >= 0.6 is 27.3 Å². The highest BCUT2D eigenvalue weighted by Crippen LogP contribution is 2.39. The second kappa shape index (κ2) is 8.02. The molecule has 13 heteroatoms. The monoisotopic (exact) mass is 512 g/mol. The van der Waals surface area contributed by atoms with Crippen LogP contribution in [0.5, 0.6) is 0 Å². The number of rotatable bonds is 4. The number of hydrogen-bond acceptors (Lipinski definition) is 4. The van der Waals surface area contributed by atoms with Gasteiger partial charge in [0.2, 0.25) is 0 Å². The van der Waals surface area contributed by atoms with Gasteiger partial charge in [0, 0.05) is 6.20 Å². The van der Waals surface area contributed by atoms with Crippen LogP contribution in [0.3, 0.4) is 0 Å². The molecule has 1 atom stereocenters. The summed E-state index contributed by atoms with van der Waals surface area (Å²) < 4.78 is 80.4. The molecule has 0 spiro atoms. The average Bonchev–Trinajstić information content (AvgIpc) is 3.28. The molecule has 0 aliphatic heterocycles. The predicted octanol–water partition coefficient (Wildman–Crippen LogP) is 6.00. The summed E-state index contributed by atoms with van der Waals surface area (Å²) in [5, 5.41) is 6.46. The van der Waals surface area contributed by atoms with Crippen molar-refractivity contribution >= 4 is 38.9 Å². The van der Waals surface area contributed by atoms with Crippen molar-refractivity contribution in [2.24, 2.45) is 0 Å². The van der Waals surface area contributed by atoms with Gasteiger partial charge in [-0.05, 0) is 40.5 Å². The zero-order valence-corrected chi connectivity index (χ0v) is 17.2. The van der Waals surface area contributed by atoms with E-state index in [0.717, 1.165) is 22.1 Å². The first kappa shape index (κ1) is 22.3. The molecule has 2 aromatic heterocycles. The Morgan fingerprint density at radius 1 is 1.17 bits per heavy atom. The Labute approximate surface area is 177 Å². The highest BCUT2D eigenvalue weighted by molar-refractivity contribution is 9.11. The molecule has 0 aliphatic carbocycles. The molecule has 30 heavy (non-hydrogen) atoms. The Balaban J connectivity index is 1.88. The molecule has 1 N–H and O–H groups in total. The summed E-state index contributed by atoms with van der Waals surface area (Å²) in [6.45, 7) is 1.36. The van der Waals surface area contributed by atoms with Gasteiger partial charge in [-0.25, -0.2) is 4.98 Å². The van der Waals surface area contributed by atoms with Crippen LogP contribution in [0.2, 0.25) is 0 Å². The molecule has 5 nitrogen and oxygen atoms in total. The van der Waals surface area contributed by atoms with Gasteiger partial charge >= 0.3 is 12.4 Å². The van der Waals surface area contributed by atoms with E-state index >= 15 is 0 Å². The molecule has 0 saturated carbocycles. The van der Waals surface area contributed by atoms with E-state index in [9.17, 15) is 31.1 Å². The number of amides is 1. The first-order valence-electron chi connectivity index (χ1n) is 8.11. The second-order valence-corrected chi connectivity index (χ2v) is 8.42. The van der Waals surface area contributed by atoms with Crippen LogP contribution in [0.25, 0.3) is 0 Å².